The van der Waals surface area contributed by atoms with Crippen molar-refractivity contribution in [1.82, 2.24) is 14.5 Å². The molecule has 1 fully saturated rings. The maximum atomic E-state index is 12.6. The average Bonchev–Trinajstić information content (AvgIpc) is 3.13. The van der Waals surface area contributed by atoms with Crippen LogP contribution in [0, 0.1) is 11.3 Å². The maximum absolute atomic E-state index is 12.6. The number of rotatable bonds is 7. The Morgan fingerprint density at radius 2 is 1.86 bits per heavy atom. The van der Waals surface area contributed by atoms with Gasteiger partial charge in [0.05, 0.1) is 11.0 Å². The Balaban J connectivity index is 1.68. The van der Waals surface area contributed by atoms with Gasteiger partial charge in [-0.15, -0.1) is 13.2 Å². The van der Waals surface area contributed by atoms with E-state index >= 15 is 0 Å². The van der Waals surface area contributed by atoms with E-state index in [2.05, 4.69) is 41.5 Å². The van der Waals surface area contributed by atoms with Gasteiger partial charge in [-0.1, -0.05) is 26.8 Å². The minimum atomic E-state index is -4.73. The Kier molecular flexibility index (Phi) is 7.44. The molecule has 2 atom stereocenters. The van der Waals surface area contributed by atoms with Crippen LogP contribution in [0.25, 0.3) is 11.0 Å². The van der Waals surface area contributed by atoms with Gasteiger partial charge < -0.3 is 19.5 Å². The smallest absolute Gasteiger partial charge is 0.406 e. The summed E-state index contributed by atoms with van der Waals surface area (Å²) >= 11 is 0. The summed E-state index contributed by atoms with van der Waals surface area (Å²) in [6.45, 7) is 6.86. The largest absolute Gasteiger partial charge is 0.573 e. The van der Waals surface area contributed by atoms with Crippen LogP contribution in [0.5, 0.6) is 5.75 Å². The molecular weight excluding hydrogens is 481 g/mol. The molecule has 0 radical (unpaired) electrons. The number of halogens is 3. The zero-order chi connectivity index (χ0) is 27.0. The molecule has 1 aliphatic rings. The molecule has 0 bridgehead atoms. The van der Waals surface area contributed by atoms with Crippen LogP contribution in [0.3, 0.4) is 0 Å². The SMILES string of the molecule is C[C@H]1C[C@H](n2c(Nc3ccc(OC(F)(F)F)cc3)nc3cc(CCC(=O)N(C)C)ccc32)CC(C)(C)C1. The van der Waals surface area contributed by atoms with E-state index in [0.29, 0.717) is 30.4 Å². The van der Waals surface area contributed by atoms with Gasteiger partial charge >= 0.3 is 6.36 Å². The normalized spacial score (nSPS) is 19.6. The van der Waals surface area contributed by atoms with Crippen molar-refractivity contribution in [2.24, 2.45) is 11.3 Å². The van der Waals surface area contributed by atoms with Crippen LogP contribution in [0.1, 0.15) is 58.1 Å². The third-order valence-electron chi connectivity index (χ3n) is 6.95. The number of carbonyl (C=O) groups is 1. The van der Waals surface area contributed by atoms with Crippen LogP contribution in [0.4, 0.5) is 24.8 Å². The highest BCUT2D eigenvalue weighted by molar-refractivity contribution is 5.81. The van der Waals surface area contributed by atoms with Crippen molar-refractivity contribution in [2.75, 3.05) is 19.4 Å². The van der Waals surface area contributed by atoms with Gasteiger partial charge in [-0.3, -0.25) is 4.79 Å². The molecule has 1 saturated carbocycles. The average molecular weight is 517 g/mol. The molecule has 9 heteroatoms. The lowest BCUT2D eigenvalue weighted by Gasteiger charge is -2.40. The Hall–Kier alpha value is -3.23. The van der Waals surface area contributed by atoms with E-state index < -0.39 is 6.36 Å². The summed E-state index contributed by atoms with van der Waals surface area (Å²) in [6.07, 6.45) is -0.524. The van der Waals surface area contributed by atoms with Crippen molar-refractivity contribution in [3.63, 3.8) is 0 Å². The number of carbonyl (C=O) groups excluding carboxylic acids is 1. The number of fused-ring (bicyclic) bond motifs is 1. The minimum absolute atomic E-state index is 0.0735. The summed E-state index contributed by atoms with van der Waals surface area (Å²) in [5, 5.41) is 3.33. The lowest BCUT2D eigenvalue weighted by molar-refractivity contribution is -0.274. The van der Waals surface area contributed by atoms with Crippen molar-refractivity contribution < 1.29 is 22.7 Å². The molecule has 0 unspecified atom stereocenters. The first-order chi connectivity index (χ1) is 17.3. The highest BCUT2D eigenvalue weighted by Crippen LogP contribution is 2.46. The zero-order valence-corrected chi connectivity index (χ0v) is 22.0. The third-order valence-corrected chi connectivity index (χ3v) is 6.95. The van der Waals surface area contributed by atoms with Crippen molar-refractivity contribution >= 4 is 28.6 Å². The first-order valence-electron chi connectivity index (χ1n) is 12.6. The molecule has 37 heavy (non-hydrogen) atoms. The van der Waals surface area contributed by atoms with Crippen molar-refractivity contribution in [3.8, 4) is 5.75 Å². The number of nitrogens with zero attached hydrogens (tertiary/aromatic N) is 3. The van der Waals surface area contributed by atoms with Crippen LogP contribution >= 0.6 is 0 Å². The fraction of sp³-hybridized carbons (Fsp3) is 0.500. The lowest BCUT2D eigenvalue weighted by Crippen LogP contribution is -2.29. The second-order valence-corrected chi connectivity index (χ2v) is 11.2. The number of nitrogens with one attached hydrogen (secondary N) is 1. The van der Waals surface area contributed by atoms with E-state index in [0.717, 1.165) is 35.9 Å². The molecule has 2 aromatic carbocycles. The van der Waals surface area contributed by atoms with Gasteiger partial charge in [0.1, 0.15) is 5.75 Å². The lowest BCUT2D eigenvalue weighted by atomic mass is 9.70. The summed E-state index contributed by atoms with van der Waals surface area (Å²) in [4.78, 5) is 18.6. The molecular formula is C28H35F3N4O2. The summed E-state index contributed by atoms with van der Waals surface area (Å²) in [5.41, 5.74) is 3.65. The molecule has 1 amide bonds. The molecule has 1 heterocycles. The number of anilines is 2. The number of aryl methyl sites for hydroxylation is 1. The topological polar surface area (TPSA) is 59.4 Å². The Bertz CT molecular complexity index is 1250. The Morgan fingerprint density at radius 3 is 2.49 bits per heavy atom. The van der Waals surface area contributed by atoms with Crippen molar-refractivity contribution in [3.05, 3.63) is 48.0 Å². The molecule has 4 rings (SSSR count). The predicted octanol–water partition coefficient (Wildman–Crippen LogP) is 7.09. The first-order valence-corrected chi connectivity index (χ1v) is 12.6. The number of imidazole rings is 1. The van der Waals surface area contributed by atoms with Gasteiger partial charge in [-0.2, -0.15) is 0 Å². The standard InChI is InChI=1S/C28H35F3N4O2/c1-18-14-21(17-27(2,3)16-18)35-24-12-6-19(7-13-25(36)34(4)5)15-23(24)33-26(35)32-20-8-10-22(11-9-20)37-28(29,30)31/h6,8-12,15,18,21H,7,13-14,16-17H2,1-5H3,(H,32,33)/t18-,21-/m0/s1. The quantitative estimate of drug-likeness (QED) is 0.364. The van der Waals surface area contributed by atoms with Crippen LogP contribution in [0.15, 0.2) is 42.5 Å². The molecule has 1 N–H and O–H groups in total. The molecule has 0 saturated heterocycles. The van der Waals surface area contributed by atoms with Crippen LogP contribution in [-0.2, 0) is 11.2 Å². The third kappa shape index (κ3) is 6.76. The number of ether oxygens (including phenoxy) is 1. The van der Waals surface area contributed by atoms with Crippen LogP contribution in [-0.4, -0.2) is 40.8 Å². The second kappa shape index (κ2) is 10.3. The highest BCUT2D eigenvalue weighted by atomic mass is 19.4. The summed E-state index contributed by atoms with van der Waals surface area (Å²) < 4.78 is 43.9. The molecule has 3 aromatic rings. The van der Waals surface area contributed by atoms with Gasteiger partial charge in [0, 0.05) is 32.2 Å². The molecule has 0 aliphatic heterocycles. The van der Waals surface area contributed by atoms with Crippen molar-refractivity contribution in [2.45, 2.75) is 65.3 Å². The van der Waals surface area contributed by atoms with Gasteiger partial charge in [0.2, 0.25) is 11.9 Å². The molecule has 6 nitrogen and oxygen atoms in total. The number of amides is 1. The maximum Gasteiger partial charge on any atom is 0.573 e. The molecule has 200 valence electrons. The van der Waals surface area contributed by atoms with Crippen molar-refractivity contribution in [1.29, 1.82) is 0 Å². The van der Waals surface area contributed by atoms with Crippen LogP contribution in [0.2, 0.25) is 0 Å². The first kappa shape index (κ1) is 26.8. The Labute approximate surface area is 215 Å². The molecule has 1 aromatic heterocycles. The van der Waals surface area contributed by atoms with E-state index in [1.54, 1.807) is 31.1 Å². The van der Waals surface area contributed by atoms with E-state index in [-0.39, 0.29) is 23.1 Å². The van der Waals surface area contributed by atoms with Gasteiger partial charge in [-0.25, -0.2) is 4.98 Å². The van der Waals surface area contributed by atoms with E-state index in [1.165, 1.54) is 12.1 Å². The number of hydrogen-bond acceptors (Lipinski definition) is 4. The summed E-state index contributed by atoms with van der Waals surface area (Å²) in [7, 11) is 3.50. The molecule has 1 aliphatic carbocycles. The highest BCUT2D eigenvalue weighted by Gasteiger charge is 2.35. The van der Waals surface area contributed by atoms with Gasteiger partial charge in [0.25, 0.3) is 0 Å². The zero-order valence-electron chi connectivity index (χ0n) is 22.0. The van der Waals surface area contributed by atoms with E-state index in [9.17, 15) is 18.0 Å². The number of alkyl halides is 3. The Morgan fingerprint density at radius 1 is 1.16 bits per heavy atom. The second-order valence-electron chi connectivity index (χ2n) is 11.2. The predicted molar refractivity (Wildman–Crippen MR) is 139 cm³/mol. The van der Waals surface area contributed by atoms with E-state index in [4.69, 9.17) is 4.98 Å². The number of benzene rings is 2. The fourth-order valence-corrected chi connectivity index (χ4v) is 5.59. The van der Waals surface area contributed by atoms with Gasteiger partial charge in [0.15, 0.2) is 0 Å². The summed E-state index contributed by atoms with van der Waals surface area (Å²) in [5.74, 6) is 1.00. The summed E-state index contributed by atoms with van der Waals surface area (Å²) in [6, 6.07) is 12.0. The van der Waals surface area contributed by atoms with Gasteiger partial charge in [-0.05, 0) is 79.0 Å². The minimum Gasteiger partial charge on any atom is -0.406 e. The van der Waals surface area contributed by atoms with Crippen LogP contribution < -0.4 is 10.1 Å². The fourth-order valence-electron chi connectivity index (χ4n) is 5.59. The number of hydrogen-bond donors (Lipinski definition) is 1. The monoisotopic (exact) mass is 516 g/mol. The number of aromatic nitrogens is 2. The molecule has 0 spiro atoms. The van der Waals surface area contributed by atoms with E-state index in [1.807, 2.05) is 12.1 Å².